The van der Waals surface area contributed by atoms with Crippen LogP contribution in [0.15, 0.2) is 0 Å². The third-order valence-electron chi connectivity index (χ3n) is 0.359. The first-order chi connectivity index (χ1) is 2.56. The predicted octanol–water partition coefficient (Wildman–Crippen LogP) is 0.169. The van der Waals surface area contributed by atoms with Gasteiger partial charge in [0.25, 0.3) is 0 Å². The summed E-state index contributed by atoms with van der Waals surface area (Å²) in [4.78, 5) is 0. The number of quaternary nitrogens is 1. The normalized spacial score (nSPS) is 10.3. The topological polar surface area (TPSA) is 0 Å². The molecule has 0 aliphatic heterocycles. The quantitative estimate of drug-likeness (QED) is 0.191. The molecular formula is C4H13INPb+. The molecule has 7 heavy (non-hydrogen) atoms. The molecule has 2 radical (unpaired) electrons. The van der Waals surface area contributed by atoms with E-state index in [1.807, 2.05) is 0 Å². The second-order valence-electron chi connectivity index (χ2n) is 2.41. The zero-order valence-electron chi connectivity index (χ0n) is 5.24. The van der Waals surface area contributed by atoms with Crippen molar-refractivity contribution < 1.29 is 4.48 Å². The van der Waals surface area contributed by atoms with E-state index in [2.05, 4.69) is 43.7 Å². The van der Waals surface area contributed by atoms with E-state index in [0.717, 1.165) is 4.48 Å². The van der Waals surface area contributed by atoms with Gasteiger partial charge < -0.3 is 4.48 Å². The maximum absolute atomic E-state index is 2.37. The number of hydrogen-bond donors (Lipinski definition) is 0. The van der Waals surface area contributed by atoms with Crippen molar-refractivity contribution in [3.05, 3.63) is 0 Å². The van der Waals surface area contributed by atoms with Crippen molar-refractivity contribution in [1.82, 2.24) is 0 Å². The molecule has 0 N–H and O–H groups in total. The first kappa shape index (κ1) is 11.4. The number of hydrogen-bond acceptors (Lipinski definition) is 0. The fourth-order valence-electron chi connectivity index (χ4n) is 0. The molecule has 0 saturated carbocycles. The van der Waals surface area contributed by atoms with E-state index in [9.17, 15) is 0 Å². The summed E-state index contributed by atoms with van der Waals surface area (Å²) in [5, 5.41) is 0. The third-order valence-corrected chi connectivity index (χ3v) is 2.41. The molecule has 0 unspecified atom stereocenters. The molecule has 0 atom stereocenters. The van der Waals surface area contributed by atoms with Crippen LogP contribution in [-0.4, -0.2) is 57.5 Å². The molecule has 1 nitrogen and oxygen atoms in total. The van der Waals surface area contributed by atoms with Crippen LogP contribution in [0.3, 0.4) is 0 Å². The molecule has 44 valence electrons. The summed E-state index contributed by atoms with van der Waals surface area (Å²) in [6.07, 6.45) is 0. The molecule has 0 aromatic carbocycles. The summed E-state index contributed by atoms with van der Waals surface area (Å²) < 4.78 is 2.23. The molecule has 0 rings (SSSR count). The molecule has 0 aromatic heterocycles. The summed E-state index contributed by atoms with van der Waals surface area (Å²) in [6.45, 7) is 0. The zero-order chi connectivity index (χ0) is 5.21. The van der Waals surface area contributed by atoms with E-state index in [-0.39, 0.29) is 27.3 Å². The molecule has 0 aliphatic rings. The van der Waals surface area contributed by atoms with Crippen LogP contribution in [0.2, 0.25) is 0 Å². The standard InChI is InChI=1S/C4H11IN.Pb.2H/c1-6(2,3)4-5;;;/h4H2,1-3H3;;;/q+1;;;. The van der Waals surface area contributed by atoms with E-state index in [0.29, 0.717) is 0 Å². The first-order valence-electron chi connectivity index (χ1n) is 1.93. The van der Waals surface area contributed by atoms with Crippen LogP contribution in [0.5, 0.6) is 0 Å². The molecule has 0 spiro atoms. The molecule has 0 amide bonds. The van der Waals surface area contributed by atoms with E-state index >= 15 is 0 Å². The van der Waals surface area contributed by atoms with Crippen molar-refractivity contribution in [2.24, 2.45) is 0 Å². The van der Waals surface area contributed by atoms with E-state index < -0.39 is 0 Å². The molecular weight excluding hydrogens is 396 g/mol. The Bertz CT molecular complexity index is 41.4. The minimum absolute atomic E-state index is 0. The Morgan fingerprint density at radius 3 is 1.43 bits per heavy atom. The van der Waals surface area contributed by atoms with Gasteiger partial charge in [0.2, 0.25) is 0 Å². The first-order valence-corrected chi connectivity index (χ1v) is 3.45. The van der Waals surface area contributed by atoms with Gasteiger partial charge in [0.05, 0.1) is 21.1 Å². The summed E-state index contributed by atoms with van der Waals surface area (Å²) in [6, 6.07) is 0. The van der Waals surface area contributed by atoms with Gasteiger partial charge in [0, 0.05) is 0 Å². The van der Waals surface area contributed by atoms with Gasteiger partial charge >= 0.3 is 27.3 Å². The Hall–Kier alpha value is 1.61. The molecule has 3 heteroatoms. The van der Waals surface area contributed by atoms with Gasteiger partial charge in [0.15, 0.2) is 0 Å². The number of halogens is 1. The average Bonchev–Trinajstić information content (AvgIpc) is 1.35. The van der Waals surface area contributed by atoms with Crippen LogP contribution in [0.1, 0.15) is 0 Å². The second kappa shape index (κ2) is 4.49. The monoisotopic (exact) mass is 410 g/mol. The van der Waals surface area contributed by atoms with Crippen molar-refractivity contribution >= 4 is 49.9 Å². The molecule has 0 aliphatic carbocycles. The van der Waals surface area contributed by atoms with Crippen molar-refractivity contribution in [3.8, 4) is 0 Å². The molecule has 0 aromatic rings. The summed E-state index contributed by atoms with van der Waals surface area (Å²) >= 11 is 2.37. The Morgan fingerprint density at radius 1 is 1.29 bits per heavy atom. The third kappa shape index (κ3) is 11.3. The SMILES string of the molecule is C[N+](C)(C)CI.[PbH2]. The van der Waals surface area contributed by atoms with Crippen molar-refractivity contribution in [2.45, 2.75) is 0 Å². The van der Waals surface area contributed by atoms with Gasteiger partial charge in [-0.1, -0.05) is 0 Å². The van der Waals surface area contributed by atoms with E-state index in [1.165, 1.54) is 4.55 Å². The zero-order valence-corrected chi connectivity index (χ0v) is 12.9. The Morgan fingerprint density at radius 2 is 1.43 bits per heavy atom. The molecule has 0 fully saturated rings. The van der Waals surface area contributed by atoms with Crippen LogP contribution in [-0.2, 0) is 0 Å². The van der Waals surface area contributed by atoms with Crippen LogP contribution in [0, 0.1) is 0 Å². The predicted molar refractivity (Wildman–Crippen MR) is 45.5 cm³/mol. The van der Waals surface area contributed by atoms with E-state index in [1.54, 1.807) is 0 Å². The minimum atomic E-state index is 0. The van der Waals surface area contributed by atoms with Gasteiger partial charge in [-0.25, -0.2) is 0 Å². The maximum atomic E-state index is 2.37. The number of rotatable bonds is 1. The molecule has 0 saturated heterocycles. The van der Waals surface area contributed by atoms with Crippen molar-refractivity contribution in [2.75, 3.05) is 25.7 Å². The fourth-order valence-corrected chi connectivity index (χ4v) is 0. The van der Waals surface area contributed by atoms with E-state index in [4.69, 9.17) is 0 Å². The molecule has 0 heterocycles. The van der Waals surface area contributed by atoms with Gasteiger partial charge in [-0.15, -0.1) is 0 Å². The van der Waals surface area contributed by atoms with Crippen LogP contribution < -0.4 is 0 Å². The number of alkyl halides is 1. The van der Waals surface area contributed by atoms with Crippen molar-refractivity contribution in [3.63, 3.8) is 0 Å². The summed E-state index contributed by atoms with van der Waals surface area (Å²) in [5.74, 6) is 0. The Balaban J connectivity index is 0. The number of nitrogens with zero attached hydrogens (tertiary/aromatic N) is 1. The average molecular weight is 409 g/mol. The molecule has 0 bridgehead atoms. The van der Waals surface area contributed by atoms with Crippen LogP contribution in [0.25, 0.3) is 0 Å². The Kier molecular flexibility index (Phi) is 7.32. The van der Waals surface area contributed by atoms with Crippen molar-refractivity contribution in [1.29, 1.82) is 0 Å². The van der Waals surface area contributed by atoms with Gasteiger partial charge in [-0.05, 0) is 22.6 Å². The second-order valence-corrected chi connectivity index (χ2v) is 3.09. The van der Waals surface area contributed by atoms with Gasteiger partial charge in [-0.3, -0.25) is 0 Å². The van der Waals surface area contributed by atoms with Gasteiger partial charge in [0.1, 0.15) is 4.55 Å². The van der Waals surface area contributed by atoms with Crippen LogP contribution >= 0.6 is 22.6 Å². The van der Waals surface area contributed by atoms with Gasteiger partial charge in [-0.2, -0.15) is 0 Å². The fraction of sp³-hybridized carbons (Fsp3) is 1.00. The summed E-state index contributed by atoms with van der Waals surface area (Å²) in [7, 11) is 6.52. The summed E-state index contributed by atoms with van der Waals surface area (Å²) in [5.41, 5.74) is 0. The van der Waals surface area contributed by atoms with Crippen LogP contribution in [0.4, 0.5) is 0 Å². The Labute approximate surface area is 79.3 Å².